The van der Waals surface area contributed by atoms with Crippen LogP contribution < -0.4 is 0 Å². The van der Waals surface area contributed by atoms with Crippen molar-refractivity contribution in [2.45, 2.75) is 31.7 Å². The zero-order valence-electron chi connectivity index (χ0n) is 13.0. The fourth-order valence-corrected chi connectivity index (χ4v) is 3.31. The average Bonchev–Trinajstić information content (AvgIpc) is 2.50. The number of sulfonamides is 1. The Balaban J connectivity index is 2.22. The summed E-state index contributed by atoms with van der Waals surface area (Å²) in [7, 11) is -2.20. The van der Waals surface area contributed by atoms with Gasteiger partial charge >= 0.3 is 0 Å². The molecule has 0 aliphatic rings. The number of halogens is 1. The molecule has 118 valence electrons. The number of aryl methyl sites for hydroxylation is 2. The summed E-state index contributed by atoms with van der Waals surface area (Å²) in [4.78, 5) is -0.0247. The van der Waals surface area contributed by atoms with Crippen molar-refractivity contribution in [3.8, 4) is 0 Å². The van der Waals surface area contributed by atoms with E-state index in [1.807, 2.05) is 24.3 Å². The smallest absolute Gasteiger partial charge is 0.207 e. The van der Waals surface area contributed by atoms with Crippen LogP contribution in [0.5, 0.6) is 0 Å². The second-order valence-electron chi connectivity index (χ2n) is 5.34. The highest BCUT2D eigenvalue weighted by molar-refractivity contribution is 7.89. The van der Waals surface area contributed by atoms with Crippen molar-refractivity contribution in [2.75, 3.05) is 7.05 Å². The van der Waals surface area contributed by atoms with Gasteiger partial charge in [-0.2, -0.15) is 4.31 Å². The molecule has 0 heterocycles. The SMILES string of the molecule is CCc1ccc(CN(C)S(=O)(=O)c2ccc(C)c(F)c2)cc1. The summed E-state index contributed by atoms with van der Waals surface area (Å²) in [6.07, 6.45) is 0.942. The van der Waals surface area contributed by atoms with Gasteiger partial charge in [0.2, 0.25) is 10.0 Å². The van der Waals surface area contributed by atoms with Crippen molar-refractivity contribution in [2.24, 2.45) is 0 Å². The van der Waals surface area contributed by atoms with Crippen LogP contribution in [0, 0.1) is 12.7 Å². The first-order chi connectivity index (χ1) is 10.3. The molecule has 0 saturated heterocycles. The second kappa shape index (κ2) is 6.58. The molecule has 2 aromatic rings. The average molecular weight is 321 g/mol. The van der Waals surface area contributed by atoms with Gasteiger partial charge in [0.1, 0.15) is 5.82 Å². The normalized spacial score (nSPS) is 11.9. The lowest BCUT2D eigenvalue weighted by molar-refractivity contribution is 0.466. The molecule has 0 saturated carbocycles. The first kappa shape index (κ1) is 16.6. The lowest BCUT2D eigenvalue weighted by Gasteiger charge is -2.18. The van der Waals surface area contributed by atoms with Crippen LogP contribution in [0.25, 0.3) is 0 Å². The molecule has 0 spiro atoms. The van der Waals surface area contributed by atoms with Gasteiger partial charge in [0.05, 0.1) is 4.90 Å². The molecule has 2 aromatic carbocycles. The highest BCUT2D eigenvalue weighted by Gasteiger charge is 2.21. The maximum absolute atomic E-state index is 13.6. The molecule has 0 aromatic heterocycles. The Morgan fingerprint density at radius 1 is 1.05 bits per heavy atom. The molecule has 0 aliphatic carbocycles. The Morgan fingerprint density at radius 3 is 2.18 bits per heavy atom. The predicted octanol–water partition coefficient (Wildman–Crippen LogP) is 3.52. The molecule has 3 nitrogen and oxygen atoms in total. The minimum absolute atomic E-state index is 0.0247. The molecule has 5 heteroatoms. The molecule has 0 atom stereocenters. The Morgan fingerprint density at radius 2 is 1.64 bits per heavy atom. The number of hydrogen-bond acceptors (Lipinski definition) is 2. The zero-order chi connectivity index (χ0) is 16.3. The summed E-state index contributed by atoms with van der Waals surface area (Å²) in [6.45, 7) is 3.92. The number of nitrogens with zero attached hydrogens (tertiary/aromatic N) is 1. The summed E-state index contributed by atoms with van der Waals surface area (Å²) in [6, 6.07) is 11.8. The van der Waals surface area contributed by atoms with E-state index in [1.165, 1.54) is 29.0 Å². The van der Waals surface area contributed by atoms with E-state index < -0.39 is 15.8 Å². The maximum Gasteiger partial charge on any atom is 0.243 e. The highest BCUT2D eigenvalue weighted by Crippen LogP contribution is 2.19. The van der Waals surface area contributed by atoms with Gasteiger partial charge in [-0.3, -0.25) is 0 Å². The lowest BCUT2D eigenvalue weighted by atomic mass is 10.1. The van der Waals surface area contributed by atoms with Crippen molar-refractivity contribution in [1.29, 1.82) is 0 Å². The van der Waals surface area contributed by atoms with E-state index in [1.54, 1.807) is 6.92 Å². The van der Waals surface area contributed by atoms with E-state index in [-0.39, 0.29) is 11.4 Å². The van der Waals surface area contributed by atoms with Gasteiger partial charge in [-0.25, -0.2) is 12.8 Å². The Bertz CT molecular complexity index is 755. The van der Waals surface area contributed by atoms with Gasteiger partial charge < -0.3 is 0 Å². The summed E-state index contributed by atoms with van der Waals surface area (Å²) < 4.78 is 39.8. The second-order valence-corrected chi connectivity index (χ2v) is 7.39. The highest BCUT2D eigenvalue weighted by atomic mass is 32.2. The van der Waals surface area contributed by atoms with Crippen molar-refractivity contribution < 1.29 is 12.8 Å². The Kier molecular flexibility index (Phi) is 4.98. The van der Waals surface area contributed by atoms with Gasteiger partial charge in [0.15, 0.2) is 0 Å². The van der Waals surface area contributed by atoms with Crippen molar-refractivity contribution >= 4 is 10.0 Å². The zero-order valence-corrected chi connectivity index (χ0v) is 13.8. The van der Waals surface area contributed by atoms with Crippen molar-refractivity contribution in [3.05, 3.63) is 65.0 Å². The van der Waals surface area contributed by atoms with E-state index in [0.29, 0.717) is 5.56 Å². The topological polar surface area (TPSA) is 37.4 Å². The molecule has 0 aliphatic heterocycles. The molecule has 0 unspecified atom stereocenters. The van der Waals surface area contributed by atoms with Gasteiger partial charge in [-0.1, -0.05) is 37.3 Å². The first-order valence-corrected chi connectivity index (χ1v) is 8.59. The summed E-state index contributed by atoms with van der Waals surface area (Å²) in [5.41, 5.74) is 2.53. The van der Waals surface area contributed by atoms with Crippen LogP contribution >= 0.6 is 0 Å². The van der Waals surface area contributed by atoms with E-state index >= 15 is 0 Å². The predicted molar refractivity (Wildman–Crippen MR) is 85.6 cm³/mol. The van der Waals surface area contributed by atoms with E-state index in [9.17, 15) is 12.8 Å². The Labute approximate surface area is 131 Å². The number of benzene rings is 2. The van der Waals surface area contributed by atoms with Crippen LogP contribution in [0.2, 0.25) is 0 Å². The molecular weight excluding hydrogens is 301 g/mol. The van der Waals surface area contributed by atoms with E-state index in [0.717, 1.165) is 18.1 Å². The summed E-state index contributed by atoms with van der Waals surface area (Å²) in [5.74, 6) is -0.512. The molecule has 0 amide bonds. The maximum atomic E-state index is 13.6. The van der Waals surface area contributed by atoms with Gasteiger partial charge in [-0.15, -0.1) is 0 Å². The van der Waals surface area contributed by atoms with Crippen molar-refractivity contribution in [3.63, 3.8) is 0 Å². The van der Waals surface area contributed by atoms with Crippen LogP contribution in [-0.2, 0) is 23.0 Å². The fourth-order valence-electron chi connectivity index (χ4n) is 2.14. The van der Waals surface area contributed by atoms with Crippen molar-refractivity contribution in [1.82, 2.24) is 4.31 Å². The van der Waals surface area contributed by atoms with E-state index in [4.69, 9.17) is 0 Å². The monoisotopic (exact) mass is 321 g/mol. The van der Waals surface area contributed by atoms with Gasteiger partial charge in [0.25, 0.3) is 0 Å². The largest absolute Gasteiger partial charge is 0.243 e. The molecule has 2 rings (SSSR count). The third kappa shape index (κ3) is 3.54. The van der Waals surface area contributed by atoms with Gasteiger partial charge in [-0.05, 0) is 42.2 Å². The first-order valence-electron chi connectivity index (χ1n) is 7.15. The van der Waals surface area contributed by atoms with Gasteiger partial charge in [0, 0.05) is 13.6 Å². The fraction of sp³-hybridized carbons (Fsp3) is 0.294. The Hall–Kier alpha value is -1.72. The van der Waals surface area contributed by atoms with E-state index in [2.05, 4.69) is 6.92 Å². The summed E-state index contributed by atoms with van der Waals surface area (Å²) >= 11 is 0. The standard InChI is InChI=1S/C17H20FNO2S/c1-4-14-6-8-15(9-7-14)12-19(3)22(20,21)16-10-5-13(2)17(18)11-16/h5-11H,4,12H2,1-3H3. The third-order valence-electron chi connectivity index (χ3n) is 3.69. The van der Waals surface area contributed by atoms with Crippen LogP contribution in [0.1, 0.15) is 23.6 Å². The lowest BCUT2D eigenvalue weighted by Crippen LogP contribution is -2.26. The van der Waals surface area contributed by atoms with Crippen LogP contribution in [-0.4, -0.2) is 19.8 Å². The van der Waals surface area contributed by atoms with Crippen LogP contribution in [0.4, 0.5) is 4.39 Å². The molecule has 0 bridgehead atoms. The molecule has 0 radical (unpaired) electrons. The third-order valence-corrected chi connectivity index (χ3v) is 5.49. The minimum Gasteiger partial charge on any atom is -0.207 e. The van der Waals surface area contributed by atoms with Crippen LogP contribution in [0.15, 0.2) is 47.4 Å². The number of rotatable bonds is 5. The molecule has 0 N–H and O–H groups in total. The molecule has 22 heavy (non-hydrogen) atoms. The number of hydrogen-bond donors (Lipinski definition) is 0. The van der Waals surface area contributed by atoms with Crippen LogP contribution in [0.3, 0.4) is 0 Å². The molecular formula is C17H20FNO2S. The quantitative estimate of drug-likeness (QED) is 0.845. The summed E-state index contributed by atoms with van der Waals surface area (Å²) in [5, 5.41) is 0. The minimum atomic E-state index is -3.70. The molecule has 0 fully saturated rings.